The number of piperazine rings is 1. The predicted molar refractivity (Wildman–Crippen MR) is 70.3 cm³/mol. The van der Waals surface area contributed by atoms with Gasteiger partial charge in [-0.25, -0.2) is 0 Å². The third kappa shape index (κ3) is 4.46. The van der Waals surface area contributed by atoms with Gasteiger partial charge >= 0.3 is 0 Å². The summed E-state index contributed by atoms with van der Waals surface area (Å²) in [7, 11) is 0. The summed E-state index contributed by atoms with van der Waals surface area (Å²) in [5, 5.41) is 10.3. The van der Waals surface area contributed by atoms with Crippen molar-refractivity contribution in [2.45, 2.75) is 6.42 Å². The Hall–Kier alpha value is -0.910. The second-order valence-corrected chi connectivity index (χ2v) is 5.03. The van der Waals surface area contributed by atoms with Crippen molar-refractivity contribution >= 4 is 17.2 Å². The monoisotopic (exact) mass is 253 g/mol. The van der Waals surface area contributed by atoms with Crippen LogP contribution in [0.3, 0.4) is 0 Å². The maximum Gasteiger partial charge on any atom is 0.224 e. The minimum absolute atomic E-state index is 0.124. The predicted octanol–water partition coefficient (Wildman–Crippen LogP) is 0.312. The van der Waals surface area contributed by atoms with Crippen LogP contribution in [0.4, 0.5) is 0 Å². The molecule has 4 nitrogen and oxygen atoms in total. The first-order valence-electron chi connectivity index (χ1n) is 6.05. The van der Waals surface area contributed by atoms with Crippen LogP contribution in [0.5, 0.6) is 0 Å². The highest BCUT2D eigenvalue weighted by atomic mass is 32.1. The molecular weight excluding hydrogens is 234 g/mol. The molecule has 2 heterocycles. The average molecular weight is 253 g/mol. The smallest absolute Gasteiger partial charge is 0.224 e. The van der Waals surface area contributed by atoms with Crippen LogP contribution >= 0.6 is 11.3 Å². The fourth-order valence-corrected chi connectivity index (χ4v) is 2.60. The van der Waals surface area contributed by atoms with Crippen LogP contribution in [0.1, 0.15) is 5.56 Å². The Labute approximate surface area is 106 Å². The van der Waals surface area contributed by atoms with Gasteiger partial charge in [0.1, 0.15) is 0 Å². The Morgan fingerprint density at radius 2 is 2.29 bits per heavy atom. The van der Waals surface area contributed by atoms with Crippen molar-refractivity contribution in [1.82, 2.24) is 15.5 Å². The van der Waals surface area contributed by atoms with Crippen molar-refractivity contribution in [3.05, 3.63) is 22.4 Å². The number of nitrogens with zero attached hydrogens (tertiary/aromatic N) is 1. The van der Waals surface area contributed by atoms with Crippen molar-refractivity contribution in [3.8, 4) is 0 Å². The quantitative estimate of drug-likeness (QED) is 0.794. The summed E-state index contributed by atoms with van der Waals surface area (Å²) in [6, 6.07) is 2.00. The standard InChI is InChI=1S/C12H19N3OS/c16-12(9-11-1-8-17-10-11)14-4-7-15-5-2-13-3-6-15/h1,8,10,13H,2-7,9H2,(H,14,16). The molecule has 0 atom stereocenters. The molecule has 2 N–H and O–H groups in total. The summed E-state index contributed by atoms with van der Waals surface area (Å²) in [6.45, 7) is 5.99. The maximum atomic E-state index is 11.6. The maximum absolute atomic E-state index is 11.6. The number of hydrogen-bond acceptors (Lipinski definition) is 4. The summed E-state index contributed by atoms with van der Waals surface area (Å²) in [5.41, 5.74) is 1.11. The van der Waals surface area contributed by atoms with E-state index in [4.69, 9.17) is 0 Å². The van der Waals surface area contributed by atoms with E-state index < -0.39 is 0 Å². The van der Waals surface area contributed by atoms with Crippen LogP contribution in [0.25, 0.3) is 0 Å². The lowest BCUT2D eigenvalue weighted by Gasteiger charge is -2.27. The molecule has 5 heteroatoms. The molecule has 1 aromatic heterocycles. The van der Waals surface area contributed by atoms with Gasteiger partial charge in [-0.2, -0.15) is 11.3 Å². The van der Waals surface area contributed by atoms with E-state index in [0.29, 0.717) is 6.42 Å². The largest absolute Gasteiger partial charge is 0.355 e. The van der Waals surface area contributed by atoms with Crippen LogP contribution in [0, 0.1) is 0 Å². The second kappa shape index (κ2) is 6.74. The summed E-state index contributed by atoms with van der Waals surface area (Å²) >= 11 is 1.63. The van der Waals surface area contributed by atoms with E-state index in [1.165, 1.54) is 0 Å². The zero-order chi connectivity index (χ0) is 11.9. The van der Waals surface area contributed by atoms with Gasteiger partial charge in [0, 0.05) is 39.3 Å². The lowest BCUT2D eigenvalue weighted by atomic mass is 10.2. The van der Waals surface area contributed by atoms with Crippen molar-refractivity contribution in [2.75, 3.05) is 39.3 Å². The van der Waals surface area contributed by atoms with E-state index in [1.807, 2.05) is 16.8 Å². The first-order valence-corrected chi connectivity index (χ1v) is 7.00. The molecule has 0 aliphatic carbocycles. The number of thiophene rings is 1. The number of nitrogens with one attached hydrogen (secondary N) is 2. The molecule has 17 heavy (non-hydrogen) atoms. The molecule has 0 spiro atoms. The molecule has 94 valence electrons. The van der Waals surface area contributed by atoms with Gasteiger partial charge in [-0.15, -0.1) is 0 Å². The molecule has 1 aliphatic rings. The van der Waals surface area contributed by atoms with Gasteiger partial charge in [0.05, 0.1) is 6.42 Å². The van der Waals surface area contributed by atoms with Crippen LogP contribution in [0.15, 0.2) is 16.8 Å². The van der Waals surface area contributed by atoms with E-state index >= 15 is 0 Å². The van der Waals surface area contributed by atoms with Crippen LogP contribution in [0.2, 0.25) is 0 Å². The molecule has 0 bridgehead atoms. The molecule has 1 amide bonds. The normalized spacial score (nSPS) is 16.9. The highest BCUT2D eigenvalue weighted by Crippen LogP contribution is 2.06. The fraction of sp³-hybridized carbons (Fsp3) is 0.583. The number of rotatable bonds is 5. The third-order valence-corrected chi connectivity index (χ3v) is 3.64. The zero-order valence-electron chi connectivity index (χ0n) is 9.95. The van der Waals surface area contributed by atoms with Gasteiger partial charge in [0.15, 0.2) is 0 Å². The highest BCUT2D eigenvalue weighted by Gasteiger charge is 2.09. The SMILES string of the molecule is O=C(Cc1ccsc1)NCCN1CCNCC1. The molecular formula is C12H19N3OS. The van der Waals surface area contributed by atoms with Gasteiger partial charge in [-0.05, 0) is 22.4 Å². The number of carbonyl (C=O) groups excluding carboxylic acids is 1. The number of amides is 1. The Morgan fingerprint density at radius 3 is 3.00 bits per heavy atom. The molecule has 0 unspecified atom stereocenters. The van der Waals surface area contributed by atoms with Gasteiger partial charge in [-0.1, -0.05) is 0 Å². The average Bonchev–Trinajstić information content (AvgIpc) is 2.83. The molecule has 1 aromatic rings. The van der Waals surface area contributed by atoms with Gasteiger partial charge in [-0.3, -0.25) is 9.69 Å². The van der Waals surface area contributed by atoms with E-state index in [9.17, 15) is 4.79 Å². The van der Waals surface area contributed by atoms with Crippen LogP contribution in [-0.2, 0) is 11.2 Å². The third-order valence-electron chi connectivity index (χ3n) is 2.90. The lowest BCUT2D eigenvalue weighted by molar-refractivity contribution is -0.120. The van der Waals surface area contributed by atoms with Crippen molar-refractivity contribution in [2.24, 2.45) is 0 Å². The first-order chi connectivity index (χ1) is 8.34. The number of carbonyl (C=O) groups is 1. The summed E-state index contributed by atoms with van der Waals surface area (Å²) < 4.78 is 0. The summed E-state index contributed by atoms with van der Waals surface area (Å²) in [4.78, 5) is 14.0. The summed E-state index contributed by atoms with van der Waals surface area (Å²) in [6.07, 6.45) is 0.505. The Bertz CT molecular complexity index is 334. The minimum atomic E-state index is 0.124. The molecule has 0 aromatic carbocycles. The molecule has 1 saturated heterocycles. The highest BCUT2D eigenvalue weighted by molar-refractivity contribution is 7.07. The van der Waals surface area contributed by atoms with E-state index in [2.05, 4.69) is 15.5 Å². The zero-order valence-corrected chi connectivity index (χ0v) is 10.8. The van der Waals surface area contributed by atoms with Crippen molar-refractivity contribution in [3.63, 3.8) is 0 Å². The Balaban J connectivity index is 1.59. The lowest BCUT2D eigenvalue weighted by Crippen LogP contribution is -2.46. The molecule has 1 aliphatic heterocycles. The van der Waals surface area contributed by atoms with Gasteiger partial charge < -0.3 is 10.6 Å². The topological polar surface area (TPSA) is 44.4 Å². The molecule has 0 saturated carbocycles. The minimum Gasteiger partial charge on any atom is -0.355 e. The summed E-state index contributed by atoms with van der Waals surface area (Å²) in [5.74, 6) is 0.124. The second-order valence-electron chi connectivity index (χ2n) is 4.25. The van der Waals surface area contributed by atoms with E-state index in [0.717, 1.165) is 44.8 Å². The number of hydrogen-bond donors (Lipinski definition) is 2. The van der Waals surface area contributed by atoms with Crippen LogP contribution < -0.4 is 10.6 Å². The fourth-order valence-electron chi connectivity index (χ4n) is 1.93. The van der Waals surface area contributed by atoms with Crippen LogP contribution in [-0.4, -0.2) is 50.1 Å². The Morgan fingerprint density at radius 1 is 1.47 bits per heavy atom. The van der Waals surface area contributed by atoms with E-state index in [-0.39, 0.29) is 5.91 Å². The van der Waals surface area contributed by atoms with Gasteiger partial charge in [0.25, 0.3) is 0 Å². The molecule has 0 radical (unpaired) electrons. The van der Waals surface area contributed by atoms with Crippen molar-refractivity contribution < 1.29 is 4.79 Å². The molecule has 2 rings (SSSR count). The van der Waals surface area contributed by atoms with Gasteiger partial charge in [0.2, 0.25) is 5.91 Å². The Kier molecular flexibility index (Phi) is 4.97. The molecule has 1 fully saturated rings. The van der Waals surface area contributed by atoms with E-state index in [1.54, 1.807) is 11.3 Å². The first kappa shape index (κ1) is 12.5. The van der Waals surface area contributed by atoms with Crippen molar-refractivity contribution in [1.29, 1.82) is 0 Å².